The largest absolute Gasteiger partial charge is 0.439 e. The summed E-state index contributed by atoms with van der Waals surface area (Å²) in [4.78, 5) is 28.7. The van der Waals surface area contributed by atoms with Crippen LogP contribution in [-0.4, -0.2) is 43.4 Å². The van der Waals surface area contributed by atoms with Gasteiger partial charge in [0.25, 0.3) is 0 Å². The first-order chi connectivity index (χ1) is 18.3. The molecule has 4 aromatic rings. The summed E-state index contributed by atoms with van der Waals surface area (Å²) in [5, 5.41) is 4.38. The van der Waals surface area contributed by atoms with E-state index >= 15 is 0 Å². The lowest BCUT2D eigenvalue weighted by Crippen LogP contribution is -2.20. The molecule has 4 aromatic heterocycles. The van der Waals surface area contributed by atoms with Gasteiger partial charge in [-0.15, -0.1) is 0 Å². The molecule has 0 bridgehead atoms. The Hall–Kier alpha value is -3.04. The van der Waals surface area contributed by atoms with E-state index < -0.39 is 5.76 Å². The quantitative estimate of drug-likeness (QED) is 0.274. The predicted molar refractivity (Wildman–Crippen MR) is 147 cm³/mol. The Kier molecular flexibility index (Phi) is 7.95. The first-order valence-corrected chi connectivity index (χ1v) is 13.8. The van der Waals surface area contributed by atoms with Crippen LogP contribution in [0.15, 0.2) is 33.8 Å². The van der Waals surface area contributed by atoms with E-state index in [0.717, 1.165) is 41.3 Å². The molecule has 1 fully saturated rings. The van der Waals surface area contributed by atoms with Gasteiger partial charge in [-0.05, 0) is 36.3 Å². The molecular formula is C28H35ClN6O3. The number of hydrogen-bond donors (Lipinski definition) is 1. The highest BCUT2D eigenvalue weighted by atomic mass is 35.5. The van der Waals surface area contributed by atoms with Crippen molar-refractivity contribution >= 4 is 22.6 Å². The number of aromatic nitrogens is 6. The second kappa shape index (κ2) is 11.4. The van der Waals surface area contributed by atoms with E-state index in [1.165, 1.54) is 25.7 Å². The summed E-state index contributed by atoms with van der Waals surface area (Å²) in [5.41, 5.74) is 3.60. The van der Waals surface area contributed by atoms with Crippen molar-refractivity contribution in [2.45, 2.75) is 65.3 Å². The minimum Gasteiger partial charge on any atom is -0.384 e. The first kappa shape index (κ1) is 26.6. The summed E-state index contributed by atoms with van der Waals surface area (Å²) in [6.07, 6.45) is 9.54. The van der Waals surface area contributed by atoms with Gasteiger partial charge in [0.2, 0.25) is 5.82 Å². The monoisotopic (exact) mass is 538 g/mol. The summed E-state index contributed by atoms with van der Waals surface area (Å²) in [5.74, 6) is 2.51. The van der Waals surface area contributed by atoms with Crippen LogP contribution in [0.5, 0.6) is 0 Å². The molecule has 9 nitrogen and oxygen atoms in total. The molecule has 5 rings (SSSR count). The fourth-order valence-electron chi connectivity index (χ4n) is 5.56. The van der Waals surface area contributed by atoms with Crippen molar-refractivity contribution in [1.82, 2.24) is 29.7 Å². The zero-order valence-corrected chi connectivity index (χ0v) is 23.2. The summed E-state index contributed by atoms with van der Waals surface area (Å²) < 4.78 is 12.7. The number of nitrogens with one attached hydrogen (secondary N) is 1. The van der Waals surface area contributed by atoms with Crippen molar-refractivity contribution in [3.63, 3.8) is 0 Å². The van der Waals surface area contributed by atoms with Crippen LogP contribution < -0.4 is 5.76 Å². The van der Waals surface area contributed by atoms with Gasteiger partial charge >= 0.3 is 5.76 Å². The van der Waals surface area contributed by atoms with Crippen molar-refractivity contribution in [2.75, 3.05) is 13.7 Å². The number of aromatic amines is 1. The third-order valence-electron chi connectivity index (χ3n) is 7.79. The van der Waals surface area contributed by atoms with Crippen LogP contribution in [0.3, 0.4) is 0 Å². The Bertz CT molecular complexity index is 1450. The number of H-pyrrole nitrogens is 1. The minimum absolute atomic E-state index is 0.0967. The Morgan fingerprint density at radius 2 is 1.97 bits per heavy atom. The number of pyridine rings is 2. The number of hydrogen-bond acceptors (Lipinski definition) is 7. The molecule has 0 amide bonds. The molecule has 38 heavy (non-hydrogen) atoms. The molecule has 1 aliphatic carbocycles. The molecule has 1 aliphatic rings. The van der Waals surface area contributed by atoms with E-state index in [2.05, 4.69) is 40.5 Å². The molecule has 1 atom stereocenters. The van der Waals surface area contributed by atoms with Crippen molar-refractivity contribution < 1.29 is 9.26 Å². The number of ether oxygens (including phenoxy) is 1. The number of nitrogens with zero attached hydrogens (tertiary/aromatic N) is 5. The van der Waals surface area contributed by atoms with Gasteiger partial charge in [-0.25, -0.2) is 14.8 Å². The number of imidazole rings is 1. The second-order valence-corrected chi connectivity index (χ2v) is 11.3. The van der Waals surface area contributed by atoms with E-state index in [-0.39, 0.29) is 11.7 Å². The number of methoxy groups -OCH3 is 1. The van der Waals surface area contributed by atoms with Crippen molar-refractivity contribution in [3.8, 4) is 22.8 Å². The van der Waals surface area contributed by atoms with Gasteiger partial charge in [-0.2, -0.15) is 0 Å². The van der Waals surface area contributed by atoms with Crippen molar-refractivity contribution in [3.05, 3.63) is 45.9 Å². The molecule has 1 unspecified atom stereocenters. The maximum Gasteiger partial charge on any atom is 0.439 e. The fourth-order valence-corrected chi connectivity index (χ4v) is 5.74. The summed E-state index contributed by atoms with van der Waals surface area (Å²) >= 11 is 6.35. The van der Waals surface area contributed by atoms with Crippen LogP contribution >= 0.6 is 11.6 Å². The third kappa shape index (κ3) is 5.54. The van der Waals surface area contributed by atoms with Gasteiger partial charge in [0, 0.05) is 37.5 Å². The lowest BCUT2D eigenvalue weighted by Gasteiger charge is -2.27. The van der Waals surface area contributed by atoms with E-state index in [0.29, 0.717) is 34.9 Å². The average Bonchev–Trinajstić information content (AvgIpc) is 3.49. The normalized spacial score (nSPS) is 18.9. The second-order valence-electron chi connectivity index (χ2n) is 10.9. The van der Waals surface area contributed by atoms with Crippen LogP contribution in [-0.2, 0) is 11.3 Å². The first-order valence-electron chi connectivity index (χ1n) is 13.4. The van der Waals surface area contributed by atoms with Crippen LogP contribution in [0, 0.1) is 17.8 Å². The number of halogens is 1. The highest BCUT2D eigenvalue weighted by Gasteiger charge is 2.28. The molecule has 0 radical (unpaired) electrons. The number of aryl methyl sites for hydroxylation is 1. The topological polar surface area (TPSA) is 112 Å². The molecule has 1 saturated carbocycles. The van der Waals surface area contributed by atoms with Gasteiger partial charge in [0.1, 0.15) is 11.5 Å². The zero-order chi connectivity index (χ0) is 26.8. The summed E-state index contributed by atoms with van der Waals surface area (Å²) in [6.45, 7) is 8.14. The highest BCUT2D eigenvalue weighted by Crippen LogP contribution is 2.37. The number of rotatable bonds is 9. The Morgan fingerprint density at radius 1 is 1.18 bits per heavy atom. The lowest BCUT2D eigenvalue weighted by atomic mass is 9.81. The standard InChI is InChI=1S/C28H35ClN6O3/c1-16(2)21(15-37-4)27-32-22-12-23(26-33-28(36)38-34-26)31-24(19-11-20(29)14-30-13-19)25(22)35(27)10-9-18-7-5-17(3)6-8-18/h11-14,16-18,21H,5-10,15H2,1-4H3,(H,33,34,36). The third-order valence-corrected chi connectivity index (χ3v) is 8.00. The van der Waals surface area contributed by atoms with Crippen molar-refractivity contribution in [2.24, 2.45) is 17.8 Å². The van der Waals surface area contributed by atoms with Gasteiger partial charge < -0.3 is 9.30 Å². The molecule has 10 heteroatoms. The van der Waals surface area contributed by atoms with Crippen LogP contribution in [0.1, 0.15) is 64.6 Å². The lowest BCUT2D eigenvalue weighted by molar-refractivity contribution is 0.157. The number of fused-ring (bicyclic) bond motifs is 1. The van der Waals surface area contributed by atoms with Gasteiger partial charge in [-0.3, -0.25) is 14.5 Å². The SMILES string of the molecule is COCC(c1nc2cc(-c3noc(=O)[nH]3)nc(-c3cncc(Cl)c3)c2n1CCC1CCC(C)CC1)C(C)C. The maximum atomic E-state index is 11.7. The van der Waals surface area contributed by atoms with Crippen LogP contribution in [0.2, 0.25) is 5.02 Å². The molecule has 0 saturated heterocycles. The van der Waals surface area contributed by atoms with Crippen molar-refractivity contribution in [1.29, 1.82) is 0 Å². The zero-order valence-electron chi connectivity index (χ0n) is 22.4. The average molecular weight is 539 g/mol. The summed E-state index contributed by atoms with van der Waals surface area (Å²) in [7, 11) is 1.73. The van der Waals surface area contributed by atoms with E-state index in [9.17, 15) is 4.79 Å². The molecule has 0 spiro atoms. The van der Waals surface area contributed by atoms with Crippen LogP contribution in [0.25, 0.3) is 33.8 Å². The fraction of sp³-hybridized carbons (Fsp3) is 0.536. The highest BCUT2D eigenvalue weighted by molar-refractivity contribution is 6.30. The minimum atomic E-state index is -0.638. The van der Waals surface area contributed by atoms with Crippen LogP contribution in [0.4, 0.5) is 0 Å². The predicted octanol–water partition coefficient (Wildman–Crippen LogP) is 6.09. The summed E-state index contributed by atoms with van der Waals surface area (Å²) in [6, 6.07) is 3.71. The van der Waals surface area contributed by atoms with E-state index in [1.807, 2.05) is 12.1 Å². The Balaban J connectivity index is 1.70. The molecular weight excluding hydrogens is 504 g/mol. The van der Waals surface area contributed by atoms with Gasteiger partial charge in [-0.1, -0.05) is 63.2 Å². The molecule has 1 N–H and O–H groups in total. The maximum absolute atomic E-state index is 11.7. The Labute approximate surface area is 227 Å². The Morgan fingerprint density at radius 3 is 2.63 bits per heavy atom. The molecule has 0 aromatic carbocycles. The van der Waals surface area contributed by atoms with E-state index in [1.54, 1.807) is 19.5 Å². The molecule has 0 aliphatic heterocycles. The van der Waals surface area contributed by atoms with E-state index in [4.69, 9.17) is 30.8 Å². The molecule has 4 heterocycles. The smallest absolute Gasteiger partial charge is 0.384 e. The molecule has 202 valence electrons. The van der Waals surface area contributed by atoms with Gasteiger partial charge in [0.05, 0.1) is 28.4 Å². The van der Waals surface area contributed by atoms with Gasteiger partial charge in [0.15, 0.2) is 0 Å².